The summed E-state index contributed by atoms with van der Waals surface area (Å²) in [6.45, 7) is 3.76. The maximum absolute atomic E-state index is 10.4. The van der Waals surface area contributed by atoms with Crippen LogP contribution in [0.1, 0.15) is 24.8 Å². The minimum Gasteiger partial charge on any atom is -0.258 e. The average Bonchev–Trinajstić information content (AvgIpc) is 2.19. The number of nitrogens with zero attached hydrogens (tertiary/aromatic N) is 1. The van der Waals surface area contributed by atoms with Crippen molar-refractivity contribution in [2.45, 2.75) is 25.7 Å². The Morgan fingerprint density at radius 3 is 2.36 bits per heavy atom. The average molecular weight is 192 g/mol. The predicted molar refractivity (Wildman–Crippen MR) is 56.0 cm³/mol. The van der Waals surface area contributed by atoms with Crippen LogP contribution in [-0.4, -0.2) is 4.92 Å². The summed E-state index contributed by atoms with van der Waals surface area (Å²) < 4.78 is 0. The van der Waals surface area contributed by atoms with E-state index in [-0.39, 0.29) is 10.6 Å². The minimum atomic E-state index is -0.375. The van der Waals surface area contributed by atoms with Crippen molar-refractivity contribution in [3.8, 4) is 0 Å². The van der Waals surface area contributed by atoms with Crippen LogP contribution in [0, 0.1) is 17.0 Å². The molecule has 0 amide bonds. The van der Waals surface area contributed by atoms with Gasteiger partial charge in [0, 0.05) is 12.1 Å². The van der Waals surface area contributed by atoms with Crippen LogP contribution in [0.2, 0.25) is 0 Å². The molecule has 14 heavy (non-hydrogen) atoms. The van der Waals surface area contributed by atoms with Gasteiger partial charge in [-0.05, 0) is 18.4 Å². The van der Waals surface area contributed by atoms with Crippen molar-refractivity contribution < 1.29 is 4.92 Å². The summed E-state index contributed by atoms with van der Waals surface area (Å²) in [4.78, 5) is 9.99. The van der Waals surface area contributed by atoms with E-state index < -0.39 is 0 Å². The highest BCUT2D eigenvalue weighted by Gasteiger charge is 2.02. The Balaban J connectivity index is 2.51. The highest BCUT2D eigenvalue weighted by Crippen LogP contribution is 2.13. The summed E-state index contributed by atoms with van der Waals surface area (Å²) in [7, 11) is 0. The van der Waals surface area contributed by atoms with Gasteiger partial charge in [-0.15, -0.1) is 0 Å². The Labute approximate surface area is 83.9 Å². The summed E-state index contributed by atoms with van der Waals surface area (Å²) in [5, 5.41) is 10.4. The molecule has 0 bridgehead atoms. The van der Waals surface area contributed by atoms with Gasteiger partial charge >= 0.3 is 0 Å². The molecule has 1 radical (unpaired) electrons. The highest BCUT2D eigenvalue weighted by molar-refractivity contribution is 5.32. The SMILES string of the molecule is [CH2]CCCCc1ccc([N+](=O)[O-])cc1. The van der Waals surface area contributed by atoms with Gasteiger partial charge in [0.05, 0.1) is 4.92 Å². The zero-order valence-electron chi connectivity index (χ0n) is 8.11. The molecule has 0 spiro atoms. The van der Waals surface area contributed by atoms with E-state index in [4.69, 9.17) is 0 Å². The number of unbranched alkanes of at least 4 members (excludes halogenated alkanes) is 2. The van der Waals surface area contributed by atoms with Crippen molar-refractivity contribution in [2.24, 2.45) is 0 Å². The highest BCUT2D eigenvalue weighted by atomic mass is 16.6. The number of non-ortho nitro benzene ring substituents is 1. The third-order valence-electron chi connectivity index (χ3n) is 2.11. The Kier molecular flexibility index (Phi) is 4.11. The molecule has 0 saturated heterocycles. The van der Waals surface area contributed by atoms with Gasteiger partial charge in [-0.25, -0.2) is 0 Å². The number of rotatable bonds is 5. The molecule has 0 aliphatic rings. The first-order chi connectivity index (χ1) is 6.74. The van der Waals surface area contributed by atoms with Crippen LogP contribution in [0.4, 0.5) is 5.69 Å². The Hall–Kier alpha value is -1.38. The number of hydrogen-bond donors (Lipinski definition) is 0. The van der Waals surface area contributed by atoms with E-state index in [1.165, 1.54) is 0 Å². The summed E-state index contributed by atoms with van der Waals surface area (Å²) >= 11 is 0. The second kappa shape index (κ2) is 5.37. The molecule has 0 heterocycles. The van der Waals surface area contributed by atoms with Gasteiger partial charge in [0.1, 0.15) is 0 Å². The van der Waals surface area contributed by atoms with E-state index in [0.717, 1.165) is 31.2 Å². The molecule has 3 nitrogen and oxygen atoms in total. The zero-order chi connectivity index (χ0) is 10.4. The Bertz CT molecular complexity index is 293. The predicted octanol–water partition coefficient (Wildman–Crippen LogP) is 3.14. The van der Waals surface area contributed by atoms with Crippen molar-refractivity contribution in [1.82, 2.24) is 0 Å². The summed E-state index contributed by atoms with van der Waals surface area (Å²) in [6.07, 6.45) is 4.14. The van der Waals surface area contributed by atoms with E-state index in [9.17, 15) is 10.1 Å². The van der Waals surface area contributed by atoms with E-state index in [2.05, 4.69) is 6.92 Å². The van der Waals surface area contributed by atoms with Crippen LogP contribution in [0.15, 0.2) is 24.3 Å². The van der Waals surface area contributed by atoms with Gasteiger partial charge in [-0.2, -0.15) is 0 Å². The molecular weight excluding hydrogens is 178 g/mol. The normalized spacial score (nSPS) is 10.1. The molecule has 0 aliphatic carbocycles. The second-order valence-electron chi connectivity index (χ2n) is 3.23. The van der Waals surface area contributed by atoms with E-state index in [1.807, 2.05) is 12.1 Å². The van der Waals surface area contributed by atoms with Crippen LogP contribution in [0.3, 0.4) is 0 Å². The summed E-state index contributed by atoms with van der Waals surface area (Å²) in [5.41, 5.74) is 1.31. The fourth-order valence-electron chi connectivity index (χ4n) is 1.29. The first kappa shape index (κ1) is 10.7. The smallest absolute Gasteiger partial charge is 0.258 e. The lowest BCUT2D eigenvalue weighted by atomic mass is 10.1. The number of nitro benzene ring substituents is 1. The molecule has 0 saturated carbocycles. The van der Waals surface area contributed by atoms with Crippen molar-refractivity contribution in [3.05, 3.63) is 46.9 Å². The molecule has 3 heteroatoms. The molecule has 0 N–H and O–H groups in total. The van der Waals surface area contributed by atoms with Gasteiger partial charge in [0.15, 0.2) is 0 Å². The van der Waals surface area contributed by atoms with E-state index in [1.54, 1.807) is 12.1 Å². The monoisotopic (exact) mass is 192 g/mol. The molecule has 1 aromatic rings. The first-order valence-electron chi connectivity index (χ1n) is 4.76. The number of benzene rings is 1. The fraction of sp³-hybridized carbons (Fsp3) is 0.364. The number of aryl methyl sites for hydroxylation is 1. The third kappa shape index (κ3) is 3.17. The van der Waals surface area contributed by atoms with Crippen molar-refractivity contribution in [3.63, 3.8) is 0 Å². The molecule has 0 unspecified atom stereocenters. The van der Waals surface area contributed by atoms with Gasteiger partial charge in [-0.1, -0.05) is 31.9 Å². The first-order valence-corrected chi connectivity index (χ1v) is 4.76. The summed E-state index contributed by atoms with van der Waals surface area (Å²) in [5.74, 6) is 0. The van der Waals surface area contributed by atoms with Crippen molar-refractivity contribution >= 4 is 5.69 Å². The van der Waals surface area contributed by atoms with Gasteiger partial charge < -0.3 is 0 Å². The van der Waals surface area contributed by atoms with Crippen LogP contribution >= 0.6 is 0 Å². The molecular formula is C11H14NO2. The molecule has 0 aliphatic heterocycles. The van der Waals surface area contributed by atoms with Crippen LogP contribution < -0.4 is 0 Å². The Morgan fingerprint density at radius 1 is 1.21 bits per heavy atom. The molecule has 1 rings (SSSR count). The minimum absolute atomic E-state index is 0.158. The lowest BCUT2D eigenvalue weighted by Crippen LogP contribution is -1.89. The van der Waals surface area contributed by atoms with Crippen molar-refractivity contribution in [2.75, 3.05) is 0 Å². The Morgan fingerprint density at radius 2 is 1.86 bits per heavy atom. The standard InChI is InChI=1S/C11H14NO2/c1-2-3-4-5-10-6-8-11(9-7-10)12(13)14/h6-9H,1-5H2. The van der Waals surface area contributed by atoms with Crippen LogP contribution in [0.25, 0.3) is 0 Å². The zero-order valence-corrected chi connectivity index (χ0v) is 8.11. The lowest BCUT2D eigenvalue weighted by Gasteiger charge is -1.99. The molecule has 75 valence electrons. The number of nitro groups is 1. The fourth-order valence-corrected chi connectivity index (χ4v) is 1.29. The molecule has 0 atom stereocenters. The maximum Gasteiger partial charge on any atom is 0.269 e. The van der Waals surface area contributed by atoms with E-state index >= 15 is 0 Å². The van der Waals surface area contributed by atoms with Crippen LogP contribution in [0.5, 0.6) is 0 Å². The number of hydrogen-bond acceptors (Lipinski definition) is 2. The second-order valence-corrected chi connectivity index (χ2v) is 3.23. The lowest BCUT2D eigenvalue weighted by molar-refractivity contribution is -0.384. The molecule has 0 aromatic heterocycles. The summed E-state index contributed by atoms with van der Waals surface area (Å²) in [6, 6.07) is 6.75. The van der Waals surface area contributed by atoms with Gasteiger partial charge in [0.2, 0.25) is 0 Å². The third-order valence-corrected chi connectivity index (χ3v) is 2.11. The quantitative estimate of drug-likeness (QED) is 0.408. The topological polar surface area (TPSA) is 43.1 Å². The van der Waals surface area contributed by atoms with Gasteiger partial charge in [-0.3, -0.25) is 10.1 Å². The van der Waals surface area contributed by atoms with Gasteiger partial charge in [0.25, 0.3) is 5.69 Å². The van der Waals surface area contributed by atoms with Crippen LogP contribution in [-0.2, 0) is 6.42 Å². The van der Waals surface area contributed by atoms with E-state index in [0.29, 0.717) is 0 Å². The largest absolute Gasteiger partial charge is 0.269 e. The van der Waals surface area contributed by atoms with Crippen molar-refractivity contribution in [1.29, 1.82) is 0 Å². The maximum atomic E-state index is 10.4. The molecule has 0 fully saturated rings. The molecule has 1 aromatic carbocycles.